The number of rotatable bonds is 2. The molecule has 0 spiro atoms. The van der Waals surface area contributed by atoms with Gasteiger partial charge in [0.2, 0.25) is 0 Å². The van der Waals surface area contributed by atoms with Gasteiger partial charge in [0.15, 0.2) is 5.82 Å². The minimum atomic E-state index is -0.227. The summed E-state index contributed by atoms with van der Waals surface area (Å²) in [6, 6.07) is 1.70. The van der Waals surface area contributed by atoms with Crippen LogP contribution >= 0.6 is 22.9 Å². The molecule has 84 valence electrons. The Morgan fingerprint density at radius 1 is 1.56 bits per heavy atom. The highest BCUT2D eigenvalue weighted by Crippen LogP contribution is 2.23. The highest BCUT2D eigenvalue weighted by atomic mass is 35.5. The molecule has 4 nitrogen and oxygen atoms in total. The molecule has 2 aromatic heterocycles. The second kappa shape index (κ2) is 4.27. The van der Waals surface area contributed by atoms with Crippen LogP contribution in [0.5, 0.6) is 0 Å². The summed E-state index contributed by atoms with van der Waals surface area (Å²) in [5.74, 6) is 0.321. The second-order valence-electron chi connectivity index (χ2n) is 3.37. The summed E-state index contributed by atoms with van der Waals surface area (Å²) in [7, 11) is 0. The van der Waals surface area contributed by atoms with Crippen LogP contribution in [0.1, 0.15) is 20.9 Å². The topological polar surface area (TPSA) is 57.8 Å². The van der Waals surface area contributed by atoms with E-state index >= 15 is 0 Å². The van der Waals surface area contributed by atoms with Crippen LogP contribution in [0.25, 0.3) is 0 Å². The number of aryl methyl sites for hydroxylation is 1. The van der Waals surface area contributed by atoms with Crippen molar-refractivity contribution in [2.75, 3.05) is 5.32 Å². The number of aromatic amines is 1. The molecule has 0 saturated heterocycles. The largest absolute Gasteiger partial charge is 0.304 e. The van der Waals surface area contributed by atoms with E-state index in [-0.39, 0.29) is 5.91 Å². The number of hydrogen-bond acceptors (Lipinski definition) is 3. The molecule has 2 heterocycles. The van der Waals surface area contributed by atoms with E-state index in [9.17, 15) is 4.79 Å². The lowest BCUT2D eigenvalue weighted by Crippen LogP contribution is -2.11. The fourth-order valence-corrected chi connectivity index (χ4v) is 2.26. The second-order valence-corrected chi connectivity index (χ2v) is 4.70. The normalized spacial score (nSPS) is 10.4. The number of nitrogens with zero attached hydrogens (tertiary/aromatic N) is 1. The third kappa shape index (κ3) is 1.96. The van der Waals surface area contributed by atoms with Gasteiger partial charge < -0.3 is 5.32 Å². The number of nitrogens with one attached hydrogen (secondary N) is 2. The van der Waals surface area contributed by atoms with Crippen molar-refractivity contribution in [2.24, 2.45) is 0 Å². The summed E-state index contributed by atoms with van der Waals surface area (Å²) < 4.78 is 0. The van der Waals surface area contributed by atoms with Crippen LogP contribution in [0, 0.1) is 13.8 Å². The van der Waals surface area contributed by atoms with Crippen LogP contribution in [-0.4, -0.2) is 16.1 Å². The highest BCUT2D eigenvalue weighted by Gasteiger charge is 2.14. The van der Waals surface area contributed by atoms with Crippen molar-refractivity contribution < 1.29 is 4.79 Å². The monoisotopic (exact) mass is 255 g/mol. The van der Waals surface area contributed by atoms with Gasteiger partial charge in [-0.1, -0.05) is 11.6 Å². The standard InChI is InChI=1S/C10H10ClN3OS/c1-5-6(2)13-14-9(5)12-10(15)8-7(11)3-4-16-8/h3-4H,1-2H3,(H2,12,13,14,15). The van der Waals surface area contributed by atoms with Crippen molar-refractivity contribution >= 4 is 34.7 Å². The van der Waals surface area contributed by atoms with Crippen LogP contribution in [0.2, 0.25) is 5.02 Å². The smallest absolute Gasteiger partial charge is 0.268 e. The number of H-pyrrole nitrogens is 1. The zero-order chi connectivity index (χ0) is 11.7. The Morgan fingerprint density at radius 2 is 2.31 bits per heavy atom. The van der Waals surface area contributed by atoms with E-state index in [0.29, 0.717) is 15.7 Å². The first-order valence-corrected chi connectivity index (χ1v) is 5.91. The molecule has 0 aliphatic heterocycles. The fraction of sp³-hybridized carbons (Fsp3) is 0.200. The first-order chi connectivity index (χ1) is 7.59. The fourth-order valence-electron chi connectivity index (χ4n) is 1.23. The lowest BCUT2D eigenvalue weighted by atomic mass is 10.3. The Morgan fingerprint density at radius 3 is 2.81 bits per heavy atom. The predicted octanol–water partition coefficient (Wildman–Crippen LogP) is 2.99. The van der Waals surface area contributed by atoms with E-state index in [1.54, 1.807) is 11.4 Å². The zero-order valence-electron chi connectivity index (χ0n) is 8.80. The Bertz CT molecular complexity index is 532. The van der Waals surface area contributed by atoms with E-state index in [4.69, 9.17) is 11.6 Å². The molecule has 0 aliphatic carbocycles. The molecular formula is C10H10ClN3OS. The maximum Gasteiger partial charge on any atom is 0.268 e. The molecule has 0 bridgehead atoms. The van der Waals surface area contributed by atoms with E-state index in [0.717, 1.165) is 11.3 Å². The number of aromatic nitrogens is 2. The molecule has 16 heavy (non-hydrogen) atoms. The van der Waals surface area contributed by atoms with E-state index in [1.165, 1.54) is 11.3 Å². The Labute approximate surface area is 102 Å². The van der Waals surface area contributed by atoms with Crippen molar-refractivity contribution in [3.05, 3.63) is 32.6 Å². The summed E-state index contributed by atoms with van der Waals surface area (Å²) in [6.45, 7) is 3.79. The molecule has 1 amide bonds. The zero-order valence-corrected chi connectivity index (χ0v) is 10.4. The van der Waals surface area contributed by atoms with Crippen molar-refractivity contribution in [3.8, 4) is 0 Å². The van der Waals surface area contributed by atoms with Crippen molar-refractivity contribution in [1.29, 1.82) is 0 Å². The van der Waals surface area contributed by atoms with Crippen LogP contribution in [0.4, 0.5) is 5.82 Å². The van der Waals surface area contributed by atoms with Gasteiger partial charge in [0, 0.05) is 11.3 Å². The summed E-state index contributed by atoms with van der Waals surface area (Å²) in [5, 5.41) is 11.8. The molecule has 0 unspecified atom stereocenters. The van der Waals surface area contributed by atoms with Crippen LogP contribution in [0.15, 0.2) is 11.4 Å². The lowest BCUT2D eigenvalue weighted by Gasteiger charge is -2.01. The molecular weight excluding hydrogens is 246 g/mol. The highest BCUT2D eigenvalue weighted by molar-refractivity contribution is 7.12. The third-order valence-corrected chi connectivity index (χ3v) is 3.65. The van der Waals surface area contributed by atoms with Gasteiger partial charge in [-0.05, 0) is 25.3 Å². The molecule has 2 rings (SSSR count). The van der Waals surface area contributed by atoms with Crippen LogP contribution in [0.3, 0.4) is 0 Å². The quantitative estimate of drug-likeness (QED) is 0.867. The maximum atomic E-state index is 11.8. The van der Waals surface area contributed by atoms with Gasteiger partial charge >= 0.3 is 0 Å². The van der Waals surface area contributed by atoms with E-state index < -0.39 is 0 Å². The summed E-state index contributed by atoms with van der Waals surface area (Å²) in [5.41, 5.74) is 1.87. The van der Waals surface area contributed by atoms with E-state index in [1.807, 2.05) is 13.8 Å². The van der Waals surface area contributed by atoms with Gasteiger partial charge in [-0.2, -0.15) is 5.10 Å². The number of anilines is 1. The van der Waals surface area contributed by atoms with Gasteiger partial charge in [-0.25, -0.2) is 0 Å². The number of carbonyl (C=O) groups is 1. The van der Waals surface area contributed by atoms with Crippen molar-refractivity contribution in [3.63, 3.8) is 0 Å². The van der Waals surface area contributed by atoms with Crippen molar-refractivity contribution in [2.45, 2.75) is 13.8 Å². The first-order valence-electron chi connectivity index (χ1n) is 4.65. The third-order valence-electron chi connectivity index (χ3n) is 2.31. The van der Waals surface area contributed by atoms with Gasteiger partial charge in [-0.3, -0.25) is 9.89 Å². The lowest BCUT2D eigenvalue weighted by molar-refractivity contribution is 0.103. The summed E-state index contributed by atoms with van der Waals surface area (Å²) >= 11 is 7.17. The Balaban J connectivity index is 2.20. The molecule has 0 saturated carbocycles. The molecule has 2 aromatic rings. The molecule has 0 aromatic carbocycles. The minimum absolute atomic E-state index is 0.227. The number of thiophene rings is 1. The SMILES string of the molecule is Cc1[nH]nc(NC(=O)c2sccc2Cl)c1C. The molecule has 0 radical (unpaired) electrons. The molecule has 6 heteroatoms. The van der Waals surface area contributed by atoms with Gasteiger partial charge in [0.1, 0.15) is 4.88 Å². The summed E-state index contributed by atoms with van der Waals surface area (Å²) in [6.07, 6.45) is 0. The Hall–Kier alpha value is -1.33. The molecule has 0 atom stereocenters. The number of halogens is 1. The predicted molar refractivity (Wildman–Crippen MR) is 65.3 cm³/mol. The summed E-state index contributed by atoms with van der Waals surface area (Å²) in [4.78, 5) is 12.3. The van der Waals surface area contributed by atoms with Crippen LogP contribution < -0.4 is 5.32 Å². The maximum absolute atomic E-state index is 11.8. The van der Waals surface area contributed by atoms with Crippen LogP contribution in [-0.2, 0) is 0 Å². The van der Waals surface area contributed by atoms with Crippen molar-refractivity contribution in [1.82, 2.24) is 10.2 Å². The van der Waals surface area contributed by atoms with E-state index in [2.05, 4.69) is 15.5 Å². The van der Waals surface area contributed by atoms with Gasteiger partial charge in [-0.15, -0.1) is 11.3 Å². The minimum Gasteiger partial charge on any atom is -0.304 e. The average molecular weight is 256 g/mol. The molecule has 0 aliphatic rings. The number of hydrogen-bond donors (Lipinski definition) is 2. The van der Waals surface area contributed by atoms with Gasteiger partial charge in [0.25, 0.3) is 5.91 Å². The molecule has 0 fully saturated rings. The number of amides is 1. The average Bonchev–Trinajstić information content (AvgIpc) is 2.79. The number of carbonyl (C=O) groups excluding carboxylic acids is 1. The first kappa shape index (κ1) is 11.2. The van der Waals surface area contributed by atoms with Gasteiger partial charge in [0.05, 0.1) is 5.02 Å². The molecule has 2 N–H and O–H groups in total. The Kier molecular flexibility index (Phi) is 2.98.